The molecule has 3 aromatic carbocycles. The van der Waals surface area contributed by atoms with Crippen molar-refractivity contribution in [2.24, 2.45) is 5.41 Å². The molecule has 3 heteroatoms. The van der Waals surface area contributed by atoms with Crippen molar-refractivity contribution in [3.05, 3.63) is 83.4 Å². The van der Waals surface area contributed by atoms with Crippen LogP contribution in [0.15, 0.2) is 66.7 Å². The van der Waals surface area contributed by atoms with Gasteiger partial charge in [-0.25, -0.2) is 4.79 Å². The molecule has 156 valence electrons. The number of nitrogens with zero attached hydrogens (tertiary/aromatic N) is 1. The molecule has 0 fully saturated rings. The Labute approximate surface area is 179 Å². The minimum atomic E-state index is -0.839. The van der Waals surface area contributed by atoms with Crippen molar-refractivity contribution in [3.63, 3.8) is 0 Å². The van der Waals surface area contributed by atoms with Crippen molar-refractivity contribution < 1.29 is 9.90 Å². The SMILES string of the molecule is C[C@H](c1cccc2ccccc12)N(C(=O)O)C1CCc2ccccc2C1C(C)(C)C. The van der Waals surface area contributed by atoms with Crippen LogP contribution < -0.4 is 0 Å². The van der Waals surface area contributed by atoms with Gasteiger partial charge in [0.2, 0.25) is 0 Å². The molecule has 1 aliphatic rings. The van der Waals surface area contributed by atoms with E-state index in [4.69, 9.17) is 0 Å². The summed E-state index contributed by atoms with van der Waals surface area (Å²) in [6.07, 6.45) is 0.925. The fourth-order valence-electron chi connectivity index (χ4n) is 5.45. The van der Waals surface area contributed by atoms with E-state index in [0.717, 1.165) is 29.2 Å². The summed E-state index contributed by atoms with van der Waals surface area (Å²) < 4.78 is 0. The van der Waals surface area contributed by atoms with Gasteiger partial charge in [-0.2, -0.15) is 0 Å². The molecular weight excluding hydrogens is 370 g/mol. The summed E-state index contributed by atoms with van der Waals surface area (Å²) in [7, 11) is 0. The van der Waals surface area contributed by atoms with E-state index in [0.29, 0.717) is 0 Å². The van der Waals surface area contributed by atoms with Crippen LogP contribution in [0, 0.1) is 5.41 Å². The Morgan fingerprint density at radius 3 is 2.40 bits per heavy atom. The zero-order valence-electron chi connectivity index (χ0n) is 18.3. The first-order chi connectivity index (χ1) is 14.3. The maximum atomic E-state index is 12.7. The molecule has 1 aliphatic carbocycles. The quantitative estimate of drug-likeness (QED) is 0.512. The molecule has 30 heavy (non-hydrogen) atoms. The lowest BCUT2D eigenvalue weighted by molar-refractivity contribution is 0.0655. The van der Waals surface area contributed by atoms with Crippen molar-refractivity contribution in [2.75, 3.05) is 0 Å². The van der Waals surface area contributed by atoms with Gasteiger partial charge in [-0.3, -0.25) is 4.90 Å². The molecule has 0 aliphatic heterocycles. The average molecular weight is 402 g/mol. The number of hydrogen-bond acceptors (Lipinski definition) is 1. The van der Waals surface area contributed by atoms with Gasteiger partial charge in [0, 0.05) is 12.0 Å². The molecule has 2 unspecified atom stereocenters. The number of aryl methyl sites for hydroxylation is 1. The van der Waals surface area contributed by atoms with Crippen LogP contribution in [0.1, 0.15) is 62.8 Å². The van der Waals surface area contributed by atoms with Crippen LogP contribution in [0.3, 0.4) is 0 Å². The highest BCUT2D eigenvalue weighted by Crippen LogP contribution is 2.47. The number of rotatable bonds is 3. The molecule has 0 aromatic heterocycles. The summed E-state index contributed by atoms with van der Waals surface area (Å²) in [5.74, 6) is 0.149. The Bertz CT molecular complexity index is 1060. The van der Waals surface area contributed by atoms with Gasteiger partial charge < -0.3 is 5.11 Å². The second kappa shape index (κ2) is 7.79. The third-order valence-electron chi connectivity index (χ3n) is 6.69. The first-order valence-electron chi connectivity index (χ1n) is 10.9. The molecule has 0 radical (unpaired) electrons. The lowest BCUT2D eigenvalue weighted by Crippen LogP contribution is -2.49. The van der Waals surface area contributed by atoms with E-state index < -0.39 is 6.09 Å². The van der Waals surface area contributed by atoms with Gasteiger partial charge in [0.15, 0.2) is 0 Å². The number of carbonyl (C=O) groups is 1. The molecule has 0 spiro atoms. The van der Waals surface area contributed by atoms with E-state index in [1.165, 1.54) is 11.1 Å². The fraction of sp³-hybridized carbons (Fsp3) is 0.370. The zero-order valence-corrected chi connectivity index (χ0v) is 18.3. The predicted molar refractivity (Wildman–Crippen MR) is 123 cm³/mol. The molecule has 4 rings (SSSR count). The lowest BCUT2D eigenvalue weighted by atomic mass is 9.66. The van der Waals surface area contributed by atoms with Gasteiger partial charge >= 0.3 is 6.09 Å². The van der Waals surface area contributed by atoms with Gasteiger partial charge in [-0.05, 0) is 52.6 Å². The summed E-state index contributed by atoms with van der Waals surface area (Å²) in [6, 6.07) is 22.7. The zero-order chi connectivity index (χ0) is 21.5. The Balaban J connectivity index is 1.81. The lowest BCUT2D eigenvalue weighted by Gasteiger charge is -2.47. The van der Waals surface area contributed by atoms with E-state index in [-0.39, 0.29) is 23.4 Å². The third-order valence-corrected chi connectivity index (χ3v) is 6.69. The van der Waals surface area contributed by atoms with Crippen LogP contribution in [0.25, 0.3) is 10.8 Å². The van der Waals surface area contributed by atoms with Crippen molar-refractivity contribution in [1.82, 2.24) is 4.90 Å². The highest BCUT2D eigenvalue weighted by Gasteiger charge is 2.43. The molecule has 3 aromatic rings. The summed E-state index contributed by atoms with van der Waals surface area (Å²) in [4.78, 5) is 14.4. The van der Waals surface area contributed by atoms with Gasteiger partial charge in [-0.15, -0.1) is 0 Å². The van der Waals surface area contributed by atoms with Gasteiger partial charge in [0.1, 0.15) is 0 Å². The number of benzene rings is 3. The van der Waals surface area contributed by atoms with Crippen LogP contribution in [-0.4, -0.2) is 22.1 Å². The Morgan fingerprint density at radius 2 is 1.67 bits per heavy atom. The highest BCUT2D eigenvalue weighted by atomic mass is 16.4. The molecule has 0 heterocycles. The van der Waals surface area contributed by atoms with Crippen LogP contribution in [0.5, 0.6) is 0 Å². The number of hydrogen-bond donors (Lipinski definition) is 1. The first kappa shape index (κ1) is 20.5. The Morgan fingerprint density at radius 1 is 1.00 bits per heavy atom. The predicted octanol–water partition coefficient (Wildman–Crippen LogP) is 7.03. The van der Waals surface area contributed by atoms with Crippen LogP contribution in [0.2, 0.25) is 0 Å². The van der Waals surface area contributed by atoms with E-state index in [2.05, 4.69) is 69.3 Å². The molecule has 3 nitrogen and oxygen atoms in total. The number of carboxylic acid groups (broad SMARTS) is 1. The van der Waals surface area contributed by atoms with Crippen molar-refractivity contribution in [1.29, 1.82) is 0 Å². The van der Waals surface area contributed by atoms with E-state index in [1.54, 1.807) is 4.90 Å². The average Bonchev–Trinajstić information content (AvgIpc) is 2.72. The Kier molecular flexibility index (Phi) is 5.31. The van der Waals surface area contributed by atoms with Crippen molar-refractivity contribution in [2.45, 2.75) is 58.5 Å². The monoisotopic (exact) mass is 401 g/mol. The summed E-state index contributed by atoms with van der Waals surface area (Å²) >= 11 is 0. The number of fused-ring (bicyclic) bond motifs is 2. The second-order valence-corrected chi connectivity index (χ2v) is 9.58. The summed E-state index contributed by atoms with van der Waals surface area (Å²) in [5.41, 5.74) is 3.68. The molecular formula is C27H31NO2. The molecule has 0 bridgehead atoms. The fourth-order valence-corrected chi connectivity index (χ4v) is 5.45. The smallest absolute Gasteiger partial charge is 0.408 e. The first-order valence-corrected chi connectivity index (χ1v) is 10.9. The van der Waals surface area contributed by atoms with E-state index >= 15 is 0 Å². The van der Waals surface area contributed by atoms with E-state index in [1.807, 2.05) is 25.1 Å². The van der Waals surface area contributed by atoms with Crippen LogP contribution in [0.4, 0.5) is 4.79 Å². The van der Waals surface area contributed by atoms with Gasteiger partial charge in [0.25, 0.3) is 0 Å². The minimum absolute atomic E-state index is 0.0482. The topological polar surface area (TPSA) is 40.5 Å². The standard InChI is InChI=1S/C27H31NO2/c1-18(21-15-9-12-19-10-5-7-13-22(19)21)28(26(29)30)24-17-16-20-11-6-8-14-23(20)25(24)27(2,3)4/h5-15,18,24-25H,16-17H2,1-4H3,(H,29,30)/t18-,24?,25?/m1/s1. The van der Waals surface area contributed by atoms with Crippen LogP contribution >= 0.6 is 0 Å². The summed E-state index contributed by atoms with van der Waals surface area (Å²) in [5, 5.41) is 12.7. The number of amides is 1. The Hall–Kier alpha value is -2.81. The maximum Gasteiger partial charge on any atom is 0.408 e. The molecule has 0 saturated heterocycles. The highest BCUT2D eigenvalue weighted by molar-refractivity contribution is 5.86. The summed E-state index contributed by atoms with van der Waals surface area (Å²) in [6.45, 7) is 8.73. The van der Waals surface area contributed by atoms with Crippen molar-refractivity contribution >= 4 is 16.9 Å². The van der Waals surface area contributed by atoms with Gasteiger partial charge in [-0.1, -0.05) is 87.5 Å². The minimum Gasteiger partial charge on any atom is -0.465 e. The molecule has 1 N–H and O–H groups in total. The van der Waals surface area contributed by atoms with E-state index in [9.17, 15) is 9.90 Å². The van der Waals surface area contributed by atoms with Gasteiger partial charge in [0.05, 0.1) is 6.04 Å². The van der Waals surface area contributed by atoms with Crippen LogP contribution in [-0.2, 0) is 6.42 Å². The third kappa shape index (κ3) is 3.58. The maximum absolute atomic E-state index is 12.7. The largest absolute Gasteiger partial charge is 0.465 e. The molecule has 0 saturated carbocycles. The molecule has 3 atom stereocenters. The normalized spacial score (nSPS) is 19.9. The van der Waals surface area contributed by atoms with Crippen molar-refractivity contribution in [3.8, 4) is 0 Å². The molecule has 1 amide bonds. The second-order valence-electron chi connectivity index (χ2n) is 9.58.